The molecular formula is C38H47Cl2N5O8S3+2. The number of morpholine rings is 1. The molecule has 1 aromatic heterocycles. The molecule has 2 N–H and O–H groups in total. The molecule has 18 heteroatoms. The lowest BCUT2D eigenvalue weighted by molar-refractivity contribution is -0.919. The van der Waals surface area contributed by atoms with Crippen molar-refractivity contribution in [1.29, 1.82) is 0 Å². The molecule has 0 aliphatic carbocycles. The zero-order valence-electron chi connectivity index (χ0n) is 32.0. The highest BCUT2D eigenvalue weighted by atomic mass is 35.5. The van der Waals surface area contributed by atoms with Gasteiger partial charge in [-0.2, -0.15) is 4.57 Å². The number of quaternary nitrogens is 1. The van der Waals surface area contributed by atoms with E-state index < -0.39 is 29.3 Å². The molecule has 0 bridgehead atoms. The molecule has 3 aliphatic heterocycles. The zero-order chi connectivity index (χ0) is 40.6. The Morgan fingerprint density at radius 1 is 1.05 bits per heavy atom. The van der Waals surface area contributed by atoms with Crippen LogP contribution in [0, 0.1) is 13.8 Å². The maximum atomic E-state index is 13.5. The number of aryl methyl sites for hydroxylation is 2. The van der Waals surface area contributed by atoms with Crippen LogP contribution in [0.4, 0.5) is 0 Å². The number of pyridine rings is 1. The van der Waals surface area contributed by atoms with Gasteiger partial charge >= 0.3 is 11.9 Å². The van der Waals surface area contributed by atoms with E-state index in [2.05, 4.69) is 53.0 Å². The summed E-state index contributed by atoms with van der Waals surface area (Å²) in [7, 11) is 4.82. The van der Waals surface area contributed by atoms with Crippen molar-refractivity contribution in [3.05, 3.63) is 68.6 Å². The predicted octanol–water partition coefficient (Wildman–Crippen LogP) is 3.78. The van der Waals surface area contributed by atoms with Crippen LogP contribution in [0.15, 0.2) is 51.4 Å². The second-order valence-electron chi connectivity index (χ2n) is 13.8. The van der Waals surface area contributed by atoms with Crippen molar-refractivity contribution in [2.45, 2.75) is 48.0 Å². The Kier molecular flexibility index (Phi) is 15.6. The molecular weight excluding hydrogens is 822 g/mol. The summed E-state index contributed by atoms with van der Waals surface area (Å²) in [5.74, 6) is -1.49. The molecule has 0 radical (unpaired) electrons. The van der Waals surface area contributed by atoms with Gasteiger partial charge in [-0.25, -0.2) is 4.79 Å². The maximum Gasteiger partial charge on any atom is 0.354 e. The van der Waals surface area contributed by atoms with Gasteiger partial charge in [0.25, 0.3) is 5.91 Å². The van der Waals surface area contributed by atoms with Crippen LogP contribution in [-0.4, -0.2) is 128 Å². The number of halogens is 2. The first-order valence-corrected chi connectivity index (χ1v) is 21.7. The number of benzene rings is 1. The molecule has 0 saturated carbocycles. The number of amides is 3. The van der Waals surface area contributed by atoms with Crippen molar-refractivity contribution in [3.63, 3.8) is 0 Å². The number of aromatic nitrogens is 1. The van der Waals surface area contributed by atoms with Gasteiger partial charge in [-0.15, -0.1) is 35.3 Å². The van der Waals surface area contributed by atoms with Crippen LogP contribution in [0.3, 0.4) is 0 Å². The molecule has 3 aliphatic rings. The van der Waals surface area contributed by atoms with Crippen molar-refractivity contribution in [1.82, 2.24) is 15.5 Å². The summed E-state index contributed by atoms with van der Waals surface area (Å²) < 4.78 is 18.6. The fourth-order valence-corrected chi connectivity index (χ4v) is 10.5. The average Bonchev–Trinajstić information content (AvgIpc) is 3.18. The van der Waals surface area contributed by atoms with Crippen LogP contribution in [0.1, 0.15) is 23.4 Å². The van der Waals surface area contributed by atoms with Crippen LogP contribution in [0.25, 0.3) is 6.08 Å². The standard InChI is InChI=1S/C38H45Cl2N5O8S3/c1-23-15-27(16-24(2)43(23)9-6-10-45(3)11-13-53-14-12-45)54-20-26-21-56-37-34(36(49)44(37)35(26)38(50)52-5)42-32(47)22-55-30-18-28(39)25(17-29(30)40)7-8-31(46)41-19-33(48)51-4/h7-8,15-18,34,37H,6,9-14,19-22H2,1-5H3/p+2/b8-7+. The summed E-state index contributed by atoms with van der Waals surface area (Å²) in [6.45, 7) is 9.76. The van der Waals surface area contributed by atoms with Gasteiger partial charge in [0, 0.05) is 58.4 Å². The largest absolute Gasteiger partial charge is 0.468 e. The number of esters is 2. The molecule has 2 fully saturated rings. The minimum absolute atomic E-state index is 0.0478. The molecule has 3 amide bonds. The highest BCUT2D eigenvalue weighted by Gasteiger charge is 2.54. The fourth-order valence-electron chi connectivity index (χ4n) is 6.59. The van der Waals surface area contributed by atoms with Gasteiger partial charge in [-0.1, -0.05) is 23.2 Å². The quantitative estimate of drug-likeness (QED) is 0.0636. The SMILES string of the molecule is COC(=O)CNC(=O)/C=C/c1cc(Cl)c(SCC(=O)NC2C(=O)N3C(C(=O)OC)=C(CSc4cc(C)[n+](CCC[N+]5(C)CCOCC5)c(C)c4)CSC23)cc1Cl. The monoisotopic (exact) mass is 867 g/mol. The topological polar surface area (TPSA) is 144 Å². The average molecular weight is 869 g/mol. The lowest BCUT2D eigenvalue weighted by atomic mass is 10.0. The smallest absolute Gasteiger partial charge is 0.354 e. The van der Waals surface area contributed by atoms with Crippen LogP contribution in [-0.2, 0) is 44.7 Å². The van der Waals surface area contributed by atoms with E-state index in [9.17, 15) is 24.0 Å². The molecule has 2 atom stereocenters. The number of fused-ring (bicyclic) bond motifs is 1. The molecule has 13 nitrogen and oxygen atoms in total. The molecule has 5 rings (SSSR count). The van der Waals surface area contributed by atoms with E-state index in [0.717, 1.165) is 72.5 Å². The summed E-state index contributed by atoms with van der Waals surface area (Å²) in [6.07, 6.45) is 3.74. The normalized spacial score (nSPS) is 19.0. The van der Waals surface area contributed by atoms with Crippen molar-refractivity contribution in [2.75, 3.05) is 77.9 Å². The van der Waals surface area contributed by atoms with Gasteiger partial charge in [-0.3, -0.25) is 24.1 Å². The van der Waals surface area contributed by atoms with Gasteiger partial charge < -0.3 is 29.3 Å². The number of β-lactam (4-membered cyclic amide) rings is 1. The van der Waals surface area contributed by atoms with E-state index in [1.807, 2.05) is 0 Å². The summed E-state index contributed by atoms with van der Waals surface area (Å²) >= 11 is 17.1. The molecule has 2 aromatic rings. The van der Waals surface area contributed by atoms with Gasteiger partial charge in [0.05, 0.1) is 58.2 Å². The third-order valence-electron chi connectivity index (χ3n) is 9.80. The molecule has 0 spiro atoms. The van der Waals surface area contributed by atoms with Gasteiger partial charge in [0.1, 0.15) is 36.7 Å². The Balaban J connectivity index is 1.15. The van der Waals surface area contributed by atoms with E-state index in [1.54, 1.807) is 23.9 Å². The number of nitrogens with zero attached hydrogens (tertiary/aromatic N) is 3. The van der Waals surface area contributed by atoms with E-state index >= 15 is 0 Å². The minimum Gasteiger partial charge on any atom is -0.468 e. The molecule has 4 heterocycles. The first-order chi connectivity index (χ1) is 26.7. The summed E-state index contributed by atoms with van der Waals surface area (Å²) in [5, 5.41) is 5.35. The van der Waals surface area contributed by atoms with E-state index in [1.165, 1.54) is 54.4 Å². The lowest BCUT2D eigenvalue weighted by Crippen LogP contribution is -2.70. The number of likely N-dealkylation sites (N-methyl/N-ethyl adjacent to an activating group) is 1. The minimum atomic E-state index is -0.804. The first kappa shape index (κ1) is 43.9. The number of nitrogens with one attached hydrogen (secondary N) is 2. The number of carbonyl (C=O) groups is 5. The number of hydrogen-bond donors (Lipinski definition) is 2. The Morgan fingerprint density at radius 3 is 2.45 bits per heavy atom. The van der Waals surface area contributed by atoms with E-state index in [-0.39, 0.29) is 29.8 Å². The summed E-state index contributed by atoms with van der Waals surface area (Å²) in [6, 6.07) is 6.67. The molecule has 2 saturated heterocycles. The molecule has 1 aromatic carbocycles. The third-order valence-corrected chi connectivity index (χ3v) is 14.0. The summed E-state index contributed by atoms with van der Waals surface area (Å²) in [5.41, 5.74) is 3.84. The second kappa shape index (κ2) is 19.9. The highest BCUT2D eigenvalue weighted by Crippen LogP contribution is 2.42. The van der Waals surface area contributed by atoms with E-state index in [0.29, 0.717) is 32.0 Å². The third kappa shape index (κ3) is 11.0. The molecule has 302 valence electrons. The highest BCUT2D eigenvalue weighted by molar-refractivity contribution is 8.01. The van der Waals surface area contributed by atoms with Crippen molar-refractivity contribution < 1.29 is 47.2 Å². The maximum absolute atomic E-state index is 13.5. The van der Waals surface area contributed by atoms with Crippen LogP contribution in [0.5, 0.6) is 0 Å². The summed E-state index contributed by atoms with van der Waals surface area (Å²) in [4.78, 5) is 65.8. The molecule has 56 heavy (non-hydrogen) atoms. The van der Waals surface area contributed by atoms with Crippen LogP contribution < -0.4 is 15.2 Å². The van der Waals surface area contributed by atoms with Crippen molar-refractivity contribution >= 4 is 94.2 Å². The number of methoxy groups -OCH3 is 2. The van der Waals surface area contributed by atoms with Crippen LogP contribution in [0.2, 0.25) is 10.0 Å². The number of carbonyl (C=O) groups excluding carboxylic acids is 5. The Labute approximate surface area is 349 Å². The number of hydrogen-bond acceptors (Lipinski definition) is 11. The van der Waals surface area contributed by atoms with Gasteiger partial charge in [0.15, 0.2) is 17.9 Å². The number of thioether (sulfide) groups is 3. The zero-order valence-corrected chi connectivity index (χ0v) is 35.9. The number of rotatable bonds is 16. The Bertz CT molecular complexity index is 1900. The number of ether oxygens (including phenoxy) is 3. The van der Waals surface area contributed by atoms with E-state index in [4.69, 9.17) is 32.7 Å². The van der Waals surface area contributed by atoms with Gasteiger partial charge in [0.2, 0.25) is 11.8 Å². The van der Waals surface area contributed by atoms with Crippen molar-refractivity contribution in [2.24, 2.45) is 0 Å². The first-order valence-electron chi connectivity index (χ1n) is 18.0. The molecule has 2 unspecified atom stereocenters. The predicted molar refractivity (Wildman–Crippen MR) is 218 cm³/mol. The Hall–Kier alpha value is -3.25. The second-order valence-corrected chi connectivity index (χ2v) is 17.8. The lowest BCUT2D eigenvalue weighted by Gasteiger charge is -2.49. The Morgan fingerprint density at radius 2 is 1.77 bits per heavy atom. The van der Waals surface area contributed by atoms with Gasteiger partial charge in [-0.05, 0) is 29.3 Å². The fraction of sp³-hybridized carbons (Fsp3) is 0.474. The van der Waals surface area contributed by atoms with Crippen LogP contribution >= 0.6 is 58.5 Å². The van der Waals surface area contributed by atoms with Crippen molar-refractivity contribution in [3.8, 4) is 0 Å².